The molecule has 0 aliphatic carbocycles. The summed E-state index contributed by atoms with van der Waals surface area (Å²) in [5, 5.41) is 0. The van der Waals surface area contributed by atoms with E-state index in [0.29, 0.717) is 0 Å². The molecule has 0 unspecified atom stereocenters. The average molecular weight is 588 g/mol. The molecule has 224 valence electrons. The summed E-state index contributed by atoms with van der Waals surface area (Å²) in [4.78, 5) is 10.7. The molecule has 0 spiro atoms. The molecule has 0 fully saturated rings. The van der Waals surface area contributed by atoms with Crippen LogP contribution in [0.5, 0.6) is 0 Å². The van der Waals surface area contributed by atoms with Crippen LogP contribution in [0.15, 0.2) is 58.5 Å². The first kappa shape index (κ1) is 36.0. The van der Waals surface area contributed by atoms with Crippen LogP contribution in [0.1, 0.15) is 134 Å². The van der Waals surface area contributed by atoms with Crippen molar-refractivity contribution >= 4 is 22.8 Å². The van der Waals surface area contributed by atoms with Gasteiger partial charge in [-0.15, -0.1) is 0 Å². The Balaban J connectivity index is 0.00000800. The Morgan fingerprint density at radius 2 is 1.00 bits per heavy atom. The Labute approximate surface area is 257 Å². The first-order chi connectivity index (χ1) is 19.1. The number of nitrogens with zero attached hydrogens (tertiary/aromatic N) is 2. The fourth-order valence-corrected chi connectivity index (χ4v) is 5.13. The van der Waals surface area contributed by atoms with Crippen LogP contribution >= 0.6 is 0 Å². The largest absolute Gasteiger partial charge is 0.251 e. The van der Waals surface area contributed by atoms with Crippen LogP contribution in [0.3, 0.4) is 0 Å². The van der Waals surface area contributed by atoms with Gasteiger partial charge in [0.25, 0.3) is 0 Å². The van der Waals surface area contributed by atoms with Gasteiger partial charge in [-0.2, -0.15) is 0 Å². The van der Waals surface area contributed by atoms with Gasteiger partial charge in [-0.05, 0) is 104 Å². The monoisotopic (exact) mass is 586 g/mol. The summed E-state index contributed by atoms with van der Waals surface area (Å²) >= 11 is 0. The van der Waals surface area contributed by atoms with Crippen molar-refractivity contribution in [2.45, 2.75) is 138 Å². The van der Waals surface area contributed by atoms with Crippen molar-refractivity contribution < 1.29 is 16.5 Å². The summed E-state index contributed by atoms with van der Waals surface area (Å²) < 4.78 is 0. The van der Waals surface area contributed by atoms with Crippen LogP contribution in [0.2, 0.25) is 0 Å². The molecule has 0 heterocycles. The maximum Gasteiger partial charge on any atom is 0.0848 e. The first-order valence-corrected chi connectivity index (χ1v) is 16.1. The molecule has 2 nitrogen and oxygen atoms in total. The van der Waals surface area contributed by atoms with E-state index in [-0.39, 0.29) is 16.5 Å². The first-order valence-electron chi connectivity index (χ1n) is 16.1. The van der Waals surface area contributed by atoms with Crippen molar-refractivity contribution in [2.24, 2.45) is 9.98 Å². The molecule has 0 atom stereocenters. The molecule has 0 radical (unpaired) electrons. The van der Waals surface area contributed by atoms with Gasteiger partial charge >= 0.3 is 0 Å². The van der Waals surface area contributed by atoms with Gasteiger partial charge in [-0.1, -0.05) is 105 Å². The molecule has 40 heavy (non-hydrogen) atoms. The van der Waals surface area contributed by atoms with E-state index < -0.39 is 0 Å². The SMILES string of the molecule is CCCCC/C=C/C(=N\c1cc(CCC)cc(CCC)c1)C(/CCCC)=N/c1cc(CCC)cc(CCC)c1.[Ni]. The Morgan fingerprint density at radius 3 is 1.43 bits per heavy atom. The quantitative estimate of drug-likeness (QED) is 0.0887. The van der Waals surface area contributed by atoms with Crippen molar-refractivity contribution in [3.8, 4) is 0 Å². The number of benzene rings is 2. The standard InChI is InChI=1S/C37H56N2.Ni/c1-7-13-15-16-17-23-37(39-35-28-32(20-11-5)25-33(29-35)21-12-6)36(22-14-8-2)38-34-26-30(18-9-3)24-31(27-34)19-10-4;/h17,23-29H,7-16,18-22H2,1-6H3;/b23-17+,38-36+,39-37+;. The third-order valence-corrected chi connectivity index (χ3v) is 7.06. The molecule has 0 saturated heterocycles. The summed E-state index contributed by atoms with van der Waals surface area (Å²) in [5.74, 6) is 0. The van der Waals surface area contributed by atoms with Gasteiger partial charge in [-0.3, -0.25) is 4.99 Å². The molecule has 0 bridgehead atoms. The number of aliphatic imine (C=N–C) groups is 2. The number of hydrogen-bond acceptors (Lipinski definition) is 2. The van der Waals surface area contributed by atoms with Crippen LogP contribution in [-0.2, 0) is 42.2 Å². The van der Waals surface area contributed by atoms with Crippen LogP contribution in [-0.4, -0.2) is 11.4 Å². The second kappa shape index (κ2) is 21.7. The van der Waals surface area contributed by atoms with Gasteiger partial charge in [-0.25, -0.2) is 4.99 Å². The van der Waals surface area contributed by atoms with E-state index in [4.69, 9.17) is 9.98 Å². The van der Waals surface area contributed by atoms with Crippen LogP contribution < -0.4 is 0 Å². The molecule has 0 amide bonds. The zero-order valence-electron chi connectivity index (χ0n) is 26.4. The summed E-state index contributed by atoms with van der Waals surface area (Å²) in [7, 11) is 0. The fourth-order valence-electron chi connectivity index (χ4n) is 5.13. The molecule has 0 saturated carbocycles. The molecule has 2 rings (SSSR count). The van der Waals surface area contributed by atoms with E-state index in [1.807, 2.05) is 0 Å². The maximum absolute atomic E-state index is 5.35. The van der Waals surface area contributed by atoms with Crippen molar-refractivity contribution in [3.05, 3.63) is 70.8 Å². The Kier molecular flexibility index (Phi) is 19.6. The molecule has 0 aliphatic rings. The van der Waals surface area contributed by atoms with Gasteiger partial charge < -0.3 is 0 Å². The summed E-state index contributed by atoms with van der Waals surface area (Å²) in [6.45, 7) is 13.6. The van der Waals surface area contributed by atoms with Crippen molar-refractivity contribution in [1.82, 2.24) is 0 Å². The van der Waals surface area contributed by atoms with Gasteiger partial charge in [0, 0.05) is 16.5 Å². The average Bonchev–Trinajstić information content (AvgIpc) is 2.91. The number of allylic oxidation sites excluding steroid dienone is 2. The second-order valence-electron chi connectivity index (χ2n) is 11.1. The van der Waals surface area contributed by atoms with E-state index in [1.165, 1.54) is 41.5 Å². The maximum atomic E-state index is 5.35. The number of hydrogen-bond donors (Lipinski definition) is 0. The summed E-state index contributed by atoms with van der Waals surface area (Å²) in [6.07, 6.45) is 21.7. The number of aryl methyl sites for hydroxylation is 4. The predicted octanol–water partition coefficient (Wildman–Crippen LogP) is 11.7. The number of unbranched alkanes of at least 4 members (excludes halogenated alkanes) is 4. The van der Waals surface area contributed by atoms with E-state index in [1.54, 1.807) is 0 Å². The molecule has 2 aromatic carbocycles. The smallest absolute Gasteiger partial charge is 0.0848 e. The normalized spacial score (nSPS) is 12.2. The second-order valence-corrected chi connectivity index (χ2v) is 11.1. The van der Waals surface area contributed by atoms with Crippen LogP contribution in [0.25, 0.3) is 0 Å². The Bertz CT molecular complexity index is 1020. The van der Waals surface area contributed by atoms with Crippen molar-refractivity contribution in [1.29, 1.82) is 0 Å². The van der Waals surface area contributed by atoms with Gasteiger partial charge in [0.1, 0.15) is 0 Å². The molecule has 2 aromatic rings. The number of rotatable bonds is 19. The predicted molar refractivity (Wildman–Crippen MR) is 176 cm³/mol. The Morgan fingerprint density at radius 1 is 0.550 bits per heavy atom. The minimum atomic E-state index is 0. The van der Waals surface area contributed by atoms with E-state index in [9.17, 15) is 0 Å². The topological polar surface area (TPSA) is 24.7 Å². The van der Waals surface area contributed by atoms with Crippen LogP contribution in [0.4, 0.5) is 11.4 Å². The molecule has 3 heteroatoms. The Hall–Kier alpha value is -1.99. The third-order valence-electron chi connectivity index (χ3n) is 7.06. The van der Waals surface area contributed by atoms with Crippen molar-refractivity contribution in [2.75, 3.05) is 0 Å². The minimum Gasteiger partial charge on any atom is -0.251 e. The molecular weight excluding hydrogens is 531 g/mol. The zero-order valence-corrected chi connectivity index (χ0v) is 27.4. The molecule has 0 aromatic heterocycles. The van der Waals surface area contributed by atoms with E-state index >= 15 is 0 Å². The van der Waals surface area contributed by atoms with Crippen LogP contribution in [0, 0.1) is 0 Å². The van der Waals surface area contributed by atoms with Gasteiger partial charge in [0.05, 0.1) is 22.8 Å². The van der Waals surface area contributed by atoms with E-state index in [2.05, 4.69) is 90.1 Å². The fraction of sp³-hybridized carbons (Fsp3) is 0.568. The van der Waals surface area contributed by atoms with E-state index in [0.717, 1.165) is 99.8 Å². The summed E-state index contributed by atoms with van der Waals surface area (Å²) in [6, 6.07) is 14.0. The zero-order chi connectivity index (χ0) is 28.3. The van der Waals surface area contributed by atoms with Gasteiger partial charge in [0.15, 0.2) is 0 Å². The third kappa shape index (κ3) is 13.6. The van der Waals surface area contributed by atoms with Crippen molar-refractivity contribution in [3.63, 3.8) is 0 Å². The minimum absolute atomic E-state index is 0. The van der Waals surface area contributed by atoms with Gasteiger partial charge in [0.2, 0.25) is 0 Å². The molecular formula is C37H56N2Ni. The molecule has 0 N–H and O–H groups in total. The summed E-state index contributed by atoms with van der Waals surface area (Å²) in [5.41, 5.74) is 9.94. The molecule has 0 aliphatic heterocycles.